The minimum Gasteiger partial charge on any atom is -0.458 e. The number of esters is 3. The molecule has 10 nitrogen and oxygen atoms in total. The summed E-state index contributed by atoms with van der Waals surface area (Å²) in [5.74, 6) is -6.62. The number of Topliss-reactive ketones (excluding diaryl/α,β-unsaturated/α-hetero) is 1. The first kappa shape index (κ1) is 25.2. The molecule has 2 spiro atoms. The van der Waals surface area contributed by atoms with Crippen LogP contribution in [0, 0.1) is 34.5 Å². The van der Waals surface area contributed by atoms with Crippen molar-refractivity contribution in [2.24, 2.45) is 34.5 Å². The minimum absolute atomic E-state index is 0.0246. The molecule has 1 saturated carbocycles. The van der Waals surface area contributed by atoms with Crippen molar-refractivity contribution in [3.63, 3.8) is 0 Å². The number of hydrogen-bond acceptors (Lipinski definition) is 10. The normalized spacial score (nSPS) is 56.6. The molecule has 5 saturated heterocycles. The fourth-order valence-corrected chi connectivity index (χ4v) is 10.5. The van der Waals surface area contributed by atoms with Gasteiger partial charge in [0.1, 0.15) is 12.2 Å². The van der Waals surface area contributed by atoms with Crippen LogP contribution in [0.25, 0.3) is 0 Å². The minimum atomic E-state index is -2.18. The Morgan fingerprint density at radius 1 is 1.15 bits per heavy atom. The highest BCUT2D eigenvalue weighted by Crippen LogP contribution is 2.75. The summed E-state index contributed by atoms with van der Waals surface area (Å²) in [5.41, 5.74) is -6.18. The number of aliphatic hydroxyl groups is 1. The molecule has 0 aromatic carbocycles. The third-order valence-corrected chi connectivity index (χ3v) is 12.4. The summed E-state index contributed by atoms with van der Waals surface area (Å²) < 4.78 is 31.2. The van der Waals surface area contributed by atoms with E-state index in [4.69, 9.17) is 23.7 Å². The molecule has 10 heteroatoms. The van der Waals surface area contributed by atoms with Gasteiger partial charge in [0.2, 0.25) is 5.79 Å². The average molecular weight is 555 g/mol. The Bertz CT molecular complexity index is 1370. The first-order chi connectivity index (χ1) is 18.8. The van der Waals surface area contributed by atoms with Crippen molar-refractivity contribution in [3.05, 3.63) is 23.8 Å². The Morgan fingerprint density at radius 2 is 1.93 bits per heavy atom. The predicted octanol–water partition coefficient (Wildman–Crippen LogP) is 1.92. The largest absolute Gasteiger partial charge is 0.458 e. The monoisotopic (exact) mass is 554 g/mol. The highest BCUT2D eigenvalue weighted by atomic mass is 16.8. The molecule has 0 aromatic heterocycles. The van der Waals surface area contributed by atoms with Crippen LogP contribution in [0.3, 0.4) is 0 Å². The van der Waals surface area contributed by atoms with Gasteiger partial charge in [-0.15, -0.1) is 0 Å². The summed E-state index contributed by atoms with van der Waals surface area (Å²) >= 11 is 0. The van der Waals surface area contributed by atoms with Crippen molar-refractivity contribution in [2.75, 3.05) is 6.61 Å². The Morgan fingerprint density at radius 3 is 2.67 bits per heavy atom. The van der Waals surface area contributed by atoms with Crippen molar-refractivity contribution < 1.29 is 48.0 Å². The van der Waals surface area contributed by atoms with Gasteiger partial charge in [-0.1, -0.05) is 31.6 Å². The van der Waals surface area contributed by atoms with Gasteiger partial charge in [0.15, 0.2) is 22.6 Å². The first-order valence-electron chi connectivity index (χ1n) is 14.4. The molecule has 40 heavy (non-hydrogen) atoms. The molecular weight excluding hydrogens is 520 g/mol. The fourth-order valence-electron chi connectivity index (χ4n) is 10.5. The van der Waals surface area contributed by atoms with Crippen LogP contribution in [0.1, 0.15) is 59.8 Å². The number of allylic oxidation sites excluding steroid dienone is 2. The van der Waals surface area contributed by atoms with Crippen LogP contribution in [0.15, 0.2) is 23.8 Å². The molecule has 6 fully saturated rings. The van der Waals surface area contributed by atoms with Gasteiger partial charge in [-0.25, -0.2) is 4.79 Å². The van der Waals surface area contributed by atoms with Crippen LogP contribution in [0.2, 0.25) is 0 Å². The molecule has 5 aliphatic heterocycles. The number of ether oxygens (including phenoxy) is 5. The van der Waals surface area contributed by atoms with Gasteiger partial charge in [-0.3, -0.25) is 14.4 Å². The Hall–Kier alpha value is -2.56. The summed E-state index contributed by atoms with van der Waals surface area (Å²) in [7, 11) is 0. The Balaban J connectivity index is 1.39. The van der Waals surface area contributed by atoms with E-state index in [1.54, 1.807) is 6.92 Å². The predicted molar refractivity (Wildman–Crippen MR) is 133 cm³/mol. The van der Waals surface area contributed by atoms with Crippen molar-refractivity contribution in [2.45, 2.75) is 94.6 Å². The smallest absolute Gasteiger partial charge is 0.342 e. The van der Waals surface area contributed by atoms with Crippen molar-refractivity contribution >= 4 is 23.7 Å². The van der Waals surface area contributed by atoms with Crippen LogP contribution in [-0.4, -0.2) is 70.2 Å². The molecule has 0 radical (unpaired) electrons. The van der Waals surface area contributed by atoms with Crippen LogP contribution < -0.4 is 0 Å². The summed E-state index contributed by atoms with van der Waals surface area (Å²) in [5, 5.41) is 12.5. The molecule has 12 atom stereocenters. The number of fused-ring (bicyclic) bond motifs is 5. The molecule has 3 aliphatic carbocycles. The molecule has 1 N–H and O–H groups in total. The molecule has 8 rings (SSSR count). The highest BCUT2D eigenvalue weighted by molar-refractivity contribution is 5.99. The van der Waals surface area contributed by atoms with Gasteiger partial charge in [-0.05, 0) is 56.4 Å². The quantitative estimate of drug-likeness (QED) is 0.291. The zero-order valence-corrected chi connectivity index (χ0v) is 23.1. The van der Waals surface area contributed by atoms with E-state index in [0.717, 1.165) is 5.57 Å². The van der Waals surface area contributed by atoms with Gasteiger partial charge >= 0.3 is 17.9 Å². The van der Waals surface area contributed by atoms with Gasteiger partial charge < -0.3 is 28.8 Å². The third-order valence-electron chi connectivity index (χ3n) is 12.4. The van der Waals surface area contributed by atoms with Gasteiger partial charge in [0, 0.05) is 18.3 Å². The second-order valence-electron chi connectivity index (χ2n) is 13.8. The molecule has 5 heterocycles. The zero-order valence-electron chi connectivity index (χ0n) is 23.1. The van der Waals surface area contributed by atoms with E-state index in [1.807, 2.05) is 26.0 Å². The molecule has 8 aliphatic rings. The fraction of sp³-hybridized carbons (Fsp3) is 0.733. The Labute approximate surface area is 231 Å². The topological polar surface area (TPSA) is 135 Å². The summed E-state index contributed by atoms with van der Waals surface area (Å²) in [6.45, 7) is 6.81. The maximum atomic E-state index is 15.0. The third kappa shape index (κ3) is 2.33. The highest BCUT2D eigenvalue weighted by Gasteiger charge is 2.93. The van der Waals surface area contributed by atoms with E-state index in [-0.39, 0.29) is 24.7 Å². The lowest BCUT2D eigenvalue weighted by molar-refractivity contribution is -0.375. The van der Waals surface area contributed by atoms with E-state index >= 15 is 4.79 Å². The second-order valence-corrected chi connectivity index (χ2v) is 13.8. The maximum absolute atomic E-state index is 15.0. The number of rotatable bonds is 1. The number of carbonyl (C=O) groups is 4. The average Bonchev–Trinajstić information content (AvgIpc) is 3.20. The van der Waals surface area contributed by atoms with Crippen molar-refractivity contribution in [3.8, 4) is 0 Å². The lowest BCUT2D eigenvalue weighted by Gasteiger charge is -2.63. The van der Waals surface area contributed by atoms with E-state index < -0.39 is 81.3 Å². The summed E-state index contributed by atoms with van der Waals surface area (Å²) in [6, 6.07) is 0. The molecule has 12 unspecified atom stereocenters. The maximum Gasteiger partial charge on any atom is 0.342 e. The van der Waals surface area contributed by atoms with Gasteiger partial charge in [-0.2, -0.15) is 0 Å². The van der Waals surface area contributed by atoms with Crippen LogP contribution in [0.5, 0.6) is 0 Å². The number of ketones is 1. The summed E-state index contributed by atoms with van der Waals surface area (Å²) in [4.78, 5) is 54.4. The lowest BCUT2D eigenvalue weighted by atomic mass is 9.46. The summed E-state index contributed by atoms with van der Waals surface area (Å²) in [6.07, 6.45) is 6.20. The van der Waals surface area contributed by atoms with Crippen molar-refractivity contribution in [1.82, 2.24) is 0 Å². The van der Waals surface area contributed by atoms with Crippen molar-refractivity contribution in [1.29, 1.82) is 0 Å². The Kier molecular flexibility index (Phi) is 4.45. The second kappa shape index (κ2) is 7.07. The molecule has 0 amide bonds. The van der Waals surface area contributed by atoms with Crippen LogP contribution >= 0.6 is 0 Å². The van der Waals surface area contributed by atoms with E-state index in [0.29, 0.717) is 25.7 Å². The molecule has 5 bridgehead atoms. The van der Waals surface area contributed by atoms with Crippen LogP contribution in [-0.2, 0) is 42.9 Å². The molecular formula is C30H34O10. The zero-order chi connectivity index (χ0) is 28.3. The number of carbonyl (C=O) groups excluding carboxylic acids is 4. The van der Waals surface area contributed by atoms with E-state index in [2.05, 4.69) is 6.08 Å². The molecule has 214 valence electrons. The van der Waals surface area contributed by atoms with Crippen LogP contribution in [0.4, 0.5) is 0 Å². The first-order valence-corrected chi connectivity index (χ1v) is 14.4. The van der Waals surface area contributed by atoms with Gasteiger partial charge in [0.05, 0.1) is 18.4 Å². The lowest BCUT2D eigenvalue weighted by Crippen LogP contribution is -2.79. The van der Waals surface area contributed by atoms with Gasteiger partial charge in [0.25, 0.3) is 0 Å². The van der Waals surface area contributed by atoms with E-state index in [9.17, 15) is 19.5 Å². The number of hydrogen-bond donors (Lipinski definition) is 1. The standard InChI is InChI=1S/C30H34O10/c1-14(31)37-19-7-5-6-15-8-9-17-16(26(15,19)3)10-11-28(35)24(34)39-27(4)20-12-25(2)18(23(33)38-20)13-36-29(17)22(32)21(25)30(27,28)40-29/h5,7-8,16-21,35H,6,9-13H2,1-4H3. The molecule has 0 aromatic rings. The SMILES string of the molecule is CC(=O)OC1C=CCC2=CCC3C(CCC4(O)C(=O)OC5(C)C6CC7(C)C(COC38OC45C7C8=O)C(=O)O6)C21C. The van der Waals surface area contributed by atoms with E-state index in [1.165, 1.54) is 6.92 Å².